The Labute approximate surface area is 209 Å². The lowest BCUT2D eigenvalue weighted by Crippen LogP contribution is -2.59. The molecule has 3 N–H and O–H groups in total. The Morgan fingerprint density at radius 1 is 1.06 bits per heavy atom. The van der Waals surface area contributed by atoms with Crippen LogP contribution in [0.25, 0.3) is 0 Å². The normalized spacial score (nSPS) is 14.5. The highest BCUT2D eigenvalue weighted by atomic mass is 32.1. The Hall–Kier alpha value is -2.42. The number of aromatic hydroxyl groups is 1. The number of rotatable bonds is 9. The Morgan fingerprint density at radius 2 is 1.62 bits per heavy atom. The molecule has 9 heteroatoms. The molecule has 0 aromatic heterocycles. The van der Waals surface area contributed by atoms with Gasteiger partial charge in [0.05, 0.1) is 0 Å². The fourth-order valence-corrected chi connectivity index (χ4v) is 3.80. The molecule has 3 atom stereocenters. The van der Waals surface area contributed by atoms with Gasteiger partial charge in [-0.2, -0.15) is 12.6 Å². The van der Waals surface area contributed by atoms with Gasteiger partial charge in [-0.1, -0.05) is 25.5 Å². The highest BCUT2D eigenvalue weighted by Gasteiger charge is 2.41. The molecule has 8 nitrogen and oxygen atoms in total. The molecular formula is C25H41N3O5S. The lowest BCUT2D eigenvalue weighted by molar-refractivity contribution is -0.148. The Morgan fingerprint density at radius 3 is 2.06 bits per heavy atom. The lowest BCUT2D eigenvalue weighted by Gasteiger charge is -2.43. The topological polar surface area (TPSA) is 108 Å². The summed E-state index contributed by atoms with van der Waals surface area (Å²) < 4.78 is 5.31. The molecule has 0 spiro atoms. The molecule has 1 aromatic rings. The van der Waals surface area contributed by atoms with Crippen molar-refractivity contribution in [1.82, 2.24) is 15.5 Å². The maximum Gasteiger partial charge on any atom is 0.408 e. The minimum absolute atomic E-state index is 0.0147. The first-order chi connectivity index (χ1) is 15.6. The predicted octanol–water partition coefficient (Wildman–Crippen LogP) is 4.19. The van der Waals surface area contributed by atoms with Crippen LogP contribution in [0.3, 0.4) is 0 Å². The van der Waals surface area contributed by atoms with E-state index in [0.29, 0.717) is 5.56 Å². The van der Waals surface area contributed by atoms with E-state index in [-0.39, 0.29) is 23.5 Å². The zero-order valence-electron chi connectivity index (χ0n) is 21.6. The summed E-state index contributed by atoms with van der Waals surface area (Å²) >= 11 is 4.28. The summed E-state index contributed by atoms with van der Waals surface area (Å²) in [7, 11) is 0. The summed E-state index contributed by atoms with van der Waals surface area (Å²) in [5, 5.41) is 15.4. The summed E-state index contributed by atoms with van der Waals surface area (Å²) in [4.78, 5) is 41.2. The van der Waals surface area contributed by atoms with Gasteiger partial charge in [-0.25, -0.2) is 4.79 Å². The van der Waals surface area contributed by atoms with Gasteiger partial charge < -0.3 is 25.4 Å². The lowest BCUT2D eigenvalue weighted by atomic mass is 9.95. The van der Waals surface area contributed by atoms with Crippen molar-refractivity contribution in [3.05, 3.63) is 29.8 Å². The fraction of sp³-hybridized carbons (Fsp3) is 0.640. The van der Waals surface area contributed by atoms with Gasteiger partial charge in [-0.15, -0.1) is 0 Å². The number of carbonyl (C=O) groups excluding carboxylic acids is 3. The molecule has 0 radical (unpaired) electrons. The molecule has 0 saturated heterocycles. The standard InChI is InChI=1S/C25H41N3O5S/c1-9-10-16(2)26-21(30)20(17-11-13-18(29)14-12-17)28(24(3,4)5)22(31)19(15-34)27-23(32)33-25(6,7)8/h11-14,16,19-20,29,34H,9-10,15H2,1-8H3,(H,26,30)(H,27,32). The van der Waals surface area contributed by atoms with Crippen LogP contribution in [0.4, 0.5) is 4.79 Å². The van der Waals surface area contributed by atoms with E-state index in [2.05, 4.69) is 23.3 Å². The van der Waals surface area contributed by atoms with E-state index in [1.54, 1.807) is 32.9 Å². The summed E-state index contributed by atoms with van der Waals surface area (Å²) in [6, 6.07) is 4.10. The molecule has 0 bridgehead atoms. The molecule has 3 amide bonds. The molecule has 0 aliphatic carbocycles. The van der Waals surface area contributed by atoms with Gasteiger partial charge in [0.2, 0.25) is 11.8 Å². The molecule has 1 aromatic carbocycles. The number of phenols is 1. The van der Waals surface area contributed by atoms with Crippen molar-refractivity contribution < 1.29 is 24.2 Å². The summed E-state index contributed by atoms with van der Waals surface area (Å²) in [5.41, 5.74) is -0.985. The first-order valence-corrected chi connectivity index (χ1v) is 12.3. The van der Waals surface area contributed by atoms with Gasteiger partial charge in [0.25, 0.3) is 0 Å². The Kier molecular flexibility index (Phi) is 10.7. The molecule has 0 saturated carbocycles. The van der Waals surface area contributed by atoms with Crippen molar-refractivity contribution >= 4 is 30.5 Å². The number of hydrogen-bond acceptors (Lipinski definition) is 6. The number of benzene rings is 1. The minimum Gasteiger partial charge on any atom is -0.508 e. The predicted molar refractivity (Wildman–Crippen MR) is 137 cm³/mol. The van der Waals surface area contributed by atoms with Crippen molar-refractivity contribution in [2.24, 2.45) is 0 Å². The number of ether oxygens (including phenoxy) is 1. The number of nitrogens with one attached hydrogen (secondary N) is 2. The molecule has 0 aliphatic rings. The molecule has 0 aliphatic heterocycles. The number of carbonyl (C=O) groups is 3. The van der Waals surface area contributed by atoms with Gasteiger partial charge in [0.15, 0.2) is 0 Å². The van der Waals surface area contributed by atoms with Crippen molar-refractivity contribution in [3.63, 3.8) is 0 Å². The second-order valence-corrected chi connectivity index (χ2v) is 10.8. The largest absolute Gasteiger partial charge is 0.508 e. The number of hydrogen-bond donors (Lipinski definition) is 4. The van der Waals surface area contributed by atoms with E-state index in [0.717, 1.165) is 12.8 Å². The van der Waals surface area contributed by atoms with Gasteiger partial charge in [-0.05, 0) is 72.6 Å². The van der Waals surface area contributed by atoms with Gasteiger partial charge in [0, 0.05) is 17.3 Å². The number of phenolic OH excluding ortho intramolecular Hbond substituents is 1. The third-order valence-electron chi connectivity index (χ3n) is 4.96. The molecular weight excluding hydrogens is 454 g/mol. The van der Waals surface area contributed by atoms with E-state index in [1.807, 2.05) is 34.6 Å². The average Bonchev–Trinajstić information content (AvgIpc) is 2.68. The quantitative estimate of drug-likeness (QED) is 0.384. The highest BCUT2D eigenvalue weighted by molar-refractivity contribution is 7.80. The van der Waals surface area contributed by atoms with Crippen LogP contribution in [0.15, 0.2) is 24.3 Å². The van der Waals surface area contributed by atoms with Gasteiger partial charge in [-0.3, -0.25) is 9.59 Å². The molecule has 1 rings (SSSR count). The number of nitrogens with zero attached hydrogens (tertiary/aromatic N) is 1. The second-order valence-electron chi connectivity index (χ2n) is 10.5. The Bertz CT molecular complexity index is 830. The minimum atomic E-state index is -1.02. The number of amides is 3. The van der Waals surface area contributed by atoms with Gasteiger partial charge >= 0.3 is 6.09 Å². The van der Waals surface area contributed by atoms with Crippen LogP contribution in [0.5, 0.6) is 5.75 Å². The number of thiol groups is 1. The zero-order valence-corrected chi connectivity index (χ0v) is 22.5. The van der Waals surface area contributed by atoms with Crippen LogP contribution in [-0.2, 0) is 14.3 Å². The summed E-state index contributed by atoms with van der Waals surface area (Å²) in [6.45, 7) is 14.6. The van der Waals surface area contributed by atoms with Crippen LogP contribution in [-0.4, -0.2) is 56.9 Å². The van der Waals surface area contributed by atoms with Gasteiger partial charge in [0.1, 0.15) is 23.4 Å². The monoisotopic (exact) mass is 495 g/mol. The van der Waals surface area contributed by atoms with Crippen molar-refractivity contribution in [2.45, 2.75) is 97.5 Å². The van der Waals surface area contributed by atoms with E-state index in [4.69, 9.17) is 4.74 Å². The van der Waals surface area contributed by atoms with E-state index in [1.165, 1.54) is 17.0 Å². The van der Waals surface area contributed by atoms with E-state index >= 15 is 0 Å². The maximum atomic E-state index is 13.8. The third-order valence-corrected chi connectivity index (χ3v) is 5.32. The Balaban J connectivity index is 3.44. The maximum absolute atomic E-state index is 13.8. The smallest absolute Gasteiger partial charge is 0.408 e. The van der Waals surface area contributed by atoms with Crippen LogP contribution in [0.1, 0.15) is 79.8 Å². The first-order valence-electron chi connectivity index (χ1n) is 11.6. The van der Waals surface area contributed by atoms with Crippen molar-refractivity contribution in [2.75, 3.05) is 5.75 Å². The average molecular weight is 496 g/mol. The fourth-order valence-electron chi connectivity index (χ4n) is 3.55. The summed E-state index contributed by atoms with van der Waals surface area (Å²) in [6.07, 6.45) is 0.946. The molecule has 0 fully saturated rings. The van der Waals surface area contributed by atoms with Crippen LogP contribution < -0.4 is 10.6 Å². The molecule has 34 heavy (non-hydrogen) atoms. The van der Waals surface area contributed by atoms with Crippen LogP contribution >= 0.6 is 12.6 Å². The highest BCUT2D eigenvalue weighted by Crippen LogP contribution is 2.31. The first kappa shape index (κ1) is 29.6. The van der Waals surface area contributed by atoms with E-state index < -0.39 is 35.2 Å². The van der Waals surface area contributed by atoms with E-state index in [9.17, 15) is 19.5 Å². The molecule has 3 unspecified atom stereocenters. The molecule has 0 heterocycles. The summed E-state index contributed by atoms with van der Waals surface area (Å²) in [5.74, 6) is -0.744. The second kappa shape index (κ2) is 12.3. The SMILES string of the molecule is CCCC(C)NC(=O)C(c1ccc(O)cc1)N(C(=O)C(CS)NC(=O)OC(C)(C)C)C(C)(C)C. The zero-order chi connectivity index (χ0) is 26.3. The third kappa shape index (κ3) is 9.08. The number of alkyl carbamates (subject to hydrolysis) is 1. The van der Waals surface area contributed by atoms with Crippen LogP contribution in [0, 0.1) is 0 Å². The molecule has 192 valence electrons. The van der Waals surface area contributed by atoms with Crippen LogP contribution in [0.2, 0.25) is 0 Å². The van der Waals surface area contributed by atoms with Crippen molar-refractivity contribution in [3.8, 4) is 5.75 Å². The van der Waals surface area contributed by atoms with Crippen molar-refractivity contribution in [1.29, 1.82) is 0 Å².